The first-order valence-corrected chi connectivity index (χ1v) is 9.51. The summed E-state index contributed by atoms with van der Waals surface area (Å²) in [6, 6.07) is 18.0. The molecule has 0 N–H and O–H groups in total. The van der Waals surface area contributed by atoms with Crippen molar-refractivity contribution in [2.24, 2.45) is 0 Å². The Morgan fingerprint density at radius 3 is 2.46 bits per heavy atom. The summed E-state index contributed by atoms with van der Waals surface area (Å²) in [5.41, 5.74) is 6.13. The van der Waals surface area contributed by atoms with Crippen molar-refractivity contribution in [3.8, 4) is 11.4 Å². The lowest BCUT2D eigenvalue weighted by atomic mass is 10.2. The minimum Gasteiger partial charge on any atom is -0.325 e. The van der Waals surface area contributed by atoms with Crippen molar-refractivity contribution < 1.29 is 0 Å². The average molecular weight is 388 g/mol. The fraction of sp³-hybridized carbons (Fsp3) is 0.136. The van der Waals surface area contributed by atoms with Gasteiger partial charge in [-0.15, -0.1) is 5.10 Å². The Labute approximate surface area is 167 Å². The van der Waals surface area contributed by atoms with E-state index in [2.05, 4.69) is 47.8 Å². The molecule has 0 bridgehead atoms. The van der Waals surface area contributed by atoms with Crippen molar-refractivity contribution in [2.75, 3.05) is 0 Å². The summed E-state index contributed by atoms with van der Waals surface area (Å²) >= 11 is 6.35. The highest BCUT2D eigenvalue weighted by Gasteiger charge is 2.19. The zero-order valence-corrected chi connectivity index (χ0v) is 16.4. The van der Waals surface area contributed by atoms with Crippen LogP contribution >= 0.6 is 11.6 Å². The van der Waals surface area contributed by atoms with Gasteiger partial charge in [0.1, 0.15) is 12.0 Å². The Balaban J connectivity index is 1.72. The van der Waals surface area contributed by atoms with Crippen molar-refractivity contribution in [3.05, 3.63) is 82.8 Å². The second kappa shape index (κ2) is 6.46. The van der Waals surface area contributed by atoms with Gasteiger partial charge in [-0.05, 0) is 37.1 Å². The maximum absolute atomic E-state index is 6.35. The SMILES string of the molecule is Cc1c(C)n(Cc2ccccc2)c2ncn3nc(-c4ccccc4Cl)nc3c12. The second-order valence-corrected chi connectivity index (χ2v) is 7.32. The predicted octanol–water partition coefficient (Wildman–Crippen LogP) is 5.06. The summed E-state index contributed by atoms with van der Waals surface area (Å²) in [7, 11) is 0. The molecule has 28 heavy (non-hydrogen) atoms. The van der Waals surface area contributed by atoms with Crippen LogP contribution in [0.2, 0.25) is 5.02 Å². The van der Waals surface area contributed by atoms with Crippen LogP contribution in [0.3, 0.4) is 0 Å². The molecule has 0 unspecified atom stereocenters. The van der Waals surface area contributed by atoms with Crippen LogP contribution in [0, 0.1) is 13.8 Å². The monoisotopic (exact) mass is 387 g/mol. The number of hydrogen-bond acceptors (Lipinski definition) is 3. The van der Waals surface area contributed by atoms with Crippen LogP contribution in [0.25, 0.3) is 28.1 Å². The largest absolute Gasteiger partial charge is 0.325 e. The van der Waals surface area contributed by atoms with E-state index in [0.29, 0.717) is 10.8 Å². The van der Waals surface area contributed by atoms with E-state index in [1.807, 2.05) is 30.3 Å². The van der Waals surface area contributed by atoms with Gasteiger partial charge in [0, 0.05) is 17.8 Å². The van der Waals surface area contributed by atoms with Crippen molar-refractivity contribution in [2.45, 2.75) is 20.4 Å². The summed E-state index contributed by atoms with van der Waals surface area (Å²) < 4.78 is 3.98. The van der Waals surface area contributed by atoms with Crippen LogP contribution in [0.5, 0.6) is 0 Å². The van der Waals surface area contributed by atoms with Gasteiger partial charge >= 0.3 is 0 Å². The van der Waals surface area contributed by atoms with Gasteiger partial charge in [0.05, 0.1) is 10.4 Å². The van der Waals surface area contributed by atoms with Crippen molar-refractivity contribution in [1.29, 1.82) is 0 Å². The van der Waals surface area contributed by atoms with Crippen LogP contribution in [-0.2, 0) is 6.54 Å². The minimum absolute atomic E-state index is 0.604. The van der Waals surface area contributed by atoms with Gasteiger partial charge in [-0.2, -0.15) is 0 Å². The standard InChI is InChI=1S/C22H18ClN5/c1-14-15(2)27(12-16-8-4-3-5-9-16)21-19(14)22-25-20(26-28(22)13-24-21)17-10-6-7-11-18(17)23/h3-11,13H,12H2,1-2H3. The Kier molecular flexibility index (Phi) is 3.91. The fourth-order valence-corrected chi connectivity index (χ4v) is 3.87. The van der Waals surface area contributed by atoms with Crippen molar-refractivity contribution in [1.82, 2.24) is 24.1 Å². The zero-order valence-electron chi connectivity index (χ0n) is 15.6. The van der Waals surface area contributed by atoms with E-state index in [1.54, 1.807) is 10.8 Å². The first kappa shape index (κ1) is 17.0. The maximum Gasteiger partial charge on any atom is 0.183 e. The zero-order chi connectivity index (χ0) is 19.3. The summed E-state index contributed by atoms with van der Waals surface area (Å²) in [6.45, 7) is 5.01. The van der Waals surface area contributed by atoms with Gasteiger partial charge in [-0.1, -0.05) is 54.1 Å². The van der Waals surface area contributed by atoms with Crippen LogP contribution in [-0.4, -0.2) is 24.1 Å². The molecule has 5 nitrogen and oxygen atoms in total. The summed E-state index contributed by atoms with van der Waals surface area (Å²) in [5, 5.41) is 6.27. The fourth-order valence-electron chi connectivity index (χ4n) is 3.65. The maximum atomic E-state index is 6.35. The molecule has 0 saturated carbocycles. The van der Waals surface area contributed by atoms with E-state index in [1.165, 1.54) is 16.8 Å². The molecule has 0 aliphatic carbocycles. The van der Waals surface area contributed by atoms with Crippen molar-refractivity contribution in [3.63, 3.8) is 0 Å². The van der Waals surface area contributed by atoms with E-state index in [0.717, 1.165) is 28.8 Å². The van der Waals surface area contributed by atoms with E-state index >= 15 is 0 Å². The summed E-state index contributed by atoms with van der Waals surface area (Å²) in [5.74, 6) is 0.604. The highest BCUT2D eigenvalue weighted by Crippen LogP contribution is 2.30. The third kappa shape index (κ3) is 2.59. The Hall–Kier alpha value is -3.18. The molecule has 138 valence electrons. The number of nitrogens with zero attached hydrogens (tertiary/aromatic N) is 5. The lowest BCUT2D eigenvalue weighted by Crippen LogP contribution is -2.03. The van der Waals surface area contributed by atoms with Gasteiger partial charge < -0.3 is 4.57 Å². The van der Waals surface area contributed by atoms with Gasteiger partial charge in [0.15, 0.2) is 11.5 Å². The van der Waals surface area contributed by atoms with Crippen LogP contribution in [0.1, 0.15) is 16.8 Å². The molecule has 6 heteroatoms. The highest BCUT2D eigenvalue weighted by molar-refractivity contribution is 6.33. The Bertz CT molecular complexity index is 1320. The molecule has 0 atom stereocenters. The molecule has 0 radical (unpaired) electrons. The molecule has 0 amide bonds. The number of halogens is 1. The Morgan fingerprint density at radius 2 is 1.68 bits per heavy atom. The first-order valence-electron chi connectivity index (χ1n) is 9.13. The molecule has 0 fully saturated rings. The molecular weight excluding hydrogens is 370 g/mol. The predicted molar refractivity (Wildman–Crippen MR) is 112 cm³/mol. The highest BCUT2D eigenvalue weighted by atomic mass is 35.5. The van der Waals surface area contributed by atoms with E-state index in [-0.39, 0.29) is 0 Å². The third-order valence-corrected chi connectivity index (χ3v) is 5.57. The smallest absolute Gasteiger partial charge is 0.183 e. The molecule has 2 aromatic carbocycles. The Morgan fingerprint density at radius 1 is 0.929 bits per heavy atom. The number of aromatic nitrogens is 5. The lowest BCUT2D eigenvalue weighted by Gasteiger charge is -2.07. The van der Waals surface area contributed by atoms with E-state index in [4.69, 9.17) is 21.6 Å². The van der Waals surface area contributed by atoms with Crippen LogP contribution < -0.4 is 0 Å². The molecule has 3 heterocycles. The molecule has 0 spiro atoms. The first-order chi connectivity index (χ1) is 13.6. The molecule has 0 aliphatic rings. The quantitative estimate of drug-likeness (QED) is 0.434. The molecule has 0 aliphatic heterocycles. The summed E-state index contributed by atoms with van der Waals surface area (Å²) in [6.07, 6.45) is 1.73. The molecule has 5 aromatic rings. The number of rotatable bonds is 3. The van der Waals surface area contributed by atoms with Gasteiger partial charge in [0.25, 0.3) is 0 Å². The minimum atomic E-state index is 0.604. The molecule has 3 aromatic heterocycles. The van der Waals surface area contributed by atoms with E-state index < -0.39 is 0 Å². The van der Waals surface area contributed by atoms with Gasteiger partial charge in [0.2, 0.25) is 0 Å². The van der Waals surface area contributed by atoms with E-state index in [9.17, 15) is 0 Å². The molecule has 5 rings (SSSR count). The summed E-state index contributed by atoms with van der Waals surface area (Å²) in [4.78, 5) is 9.52. The topological polar surface area (TPSA) is 48.0 Å². The second-order valence-electron chi connectivity index (χ2n) is 6.91. The number of hydrogen-bond donors (Lipinski definition) is 0. The number of fused-ring (bicyclic) bond motifs is 3. The van der Waals surface area contributed by atoms with Gasteiger partial charge in [-0.3, -0.25) is 0 Å². The molecule has 0 saturated heterocycles. The van der Waals surface area contributed by atoms with Crippen molar-refractivity contribution >= 4 is 28.3 Å². The van der Waals surface area contributed by atoms with Crippen LogP contribution in [0.4, 0.5) is 0 Å². The normalized spacial score (nSPS) is 11.5. The third-order valence-electron chi connectivity index (χ3n) is 5.24. The number of benzene rings is 2. The lowest BCUT2D eigenvalue weighted by molar-refractivity contribution is 0.787. The average Bonchev–Trinajstić information content (AvgIpc) is 3.24. The van der Waals surface area contributed by atoms with Crippen LogP contribution in [0.15, 0.2) is 60.9 Å². The molecular formula is C22H18ClN5. The van der Waals surface area contributed by atoms with Gasteiger partial charge in [-0.25, -0.2) is 14.5 Å². The number of aryl methyl sites for hydroxylation is 1.